The van der Waals surface area contributed by atoms with Crippen molar-refractivity contribution in [3.63, 3.8) is 0 Å². The predicted octanol–water partition coefficient (Wildman–Crippen LogP) is 2.28. The summed E-state index contributed by atoms with van der Waals surface area (Å²) in [4.78, 5) is 27.1. The molecular weight excluding hydrogens is 344 g/mol. The molecule has 0 bridgehead atoms. The SMILES string of the molecule is O=C(Cc1ccc2c(c1)CCO2)Nc1ccccc1C(=O)N1CCOCC1. The van der Waals surface area contributed by atoms with Crippen LogP contribution in [-0.2, 0) is 22.4 Å². The summed E-state index contributed by atoms with van der Waals surface area (Å²) in [6.45, 7) is 2.92. The number of rotatable bonds is 4. The average Bonchev–Trinajstić information content (AvgIpc) is 3.16. The fourth-order valence-electron chi connectivity index (χ4n) is 3.45. The molecule has 0 spiro atoms. The van der Waals surface area contributed by atoms with Crippen LogP contribution in [0.1, 0.15) is 21.5 Å². The quantitative estimate of drug-likeness (QED) is 0.901. The Kier molecular flexibility index (Phi) is 5.07. The number of nitrogens with zero attached hydrogens (tertiary/aromatic N) is 1. The topological polar surface area (TPSA) is 67.9 Å². The Labute approximate surface area is 158 Å². The van der Waals surface area contributed by atoms with Crippen LogP contribution >= 0.6 is 0 Å². The molecule has 0 saturated carbocycles. The minimum atomic E-state index is -0.143. The van der Waals surface area contributed by atoms with Gasteiger partial charge in [-0.05, 0) is 29.3 Å². The van der Waals surface area contributed by atoms with Crippen molar-refractivity contribution in [1.29, 1.82) is 0 Å². The number of hydrogen-bond donors (Lipinski definition) is 1. The molecule has 0 atom stereocenters. The van der Waals surface area contributed by atoms with E-state index in [-0.39, 0.29) is 18.2 Å². The molecular formula is C21H22N2O4. The highest BCUT2D eigenvalue weighted by Gasteiger charge is 2.21. The summed E-state index contributed by atoms with van der Waals surface area (Å²) in [5.41, 5.74) is 3.13. The normalized spacial score (nSPS) is 15.8. The van der Waals surface area contributed by atoms with Crippen molar-refractivity contribution in [1.82, 2.24) is 4.90 Å². The number of hydrogen-bond acceptors (Lipinski definition) is 4. The molecule has 27 heavy (non-hydrogen) atoms. The minimum absolute atomic E-state index is 0.0797. The van der Waals surface area contributed by atoms with E-state index in [0.717, 1.165) is 23.3 Å². The van der Waals surface area contributed by atoms with E-state index in [1.54, 1.807) is 17.0 Å². The molecule has 6 nitrogen and oxygen atoms in total. The molecule has 2 heterocycles. The Morgan fingerprint density at radius 3 is 2.70 bits per heavy atom. The lowest BCUT2D eigenvalue weighted by atomic mass is 10.1. The third-order valence-electron chi connectivity index (χ3n) is 4.85. The monoisotopic (exact) mass is 366 g/mol. The molecule has 1 fully saturated rings. The van der Waals surface area contributed by atoms with E-state index in [2.05, 4.69) is 5.32 Å². The van der Waals surface area contributed by atoms with Gasteiger partial charge in [-0.3, -0.25) is 9.59 Å². The van der Waals surface area contributed by atoms with Crippen LogP contribution in [0.3, 0.4) is 0 Å². The molecule has 2 aliphatic rings. The number of benzene rings is 2. The summed E-state index contributed by atoms with van der Waals surface area (Å²) < 4.78 is 10.8. The number of para-hydroxylation sites is 1. The van der Waals surface area contributed by atoms with Crippen molar-refractivity contribution in [2.75, 3.05) is 38.2 Å². The first-order valence-electron chi connectivity index (χ1n) is 9.21. The fraction of sp³-hybridized carbons (Fsp3) is 0.333. The standard InChI is InChI=1S/C21H22N2O4/c24-20(14-15-5-6-19-16(13-15)7-10-27-19)22-18-4-2-1-3-17(18)21(25)23-8-11-26-12-9-23/h1-6,13H,7-12,14H2,(H,22,24). The van der Waals surface area contributed by atoms with Gasteiger partial charge in [0.05, 0.1) is 37.5 Å². The molecule has 2 aromatic rings. The molecule has 6 heteroatoms. The van der Waals surface area contributed by atoms with Gasteiger partial charge in [-0.15, -0.1) is 0 Å². The number of anilines is 1. The molecule has 1 saturated heterocycles. The second-order valence-corrected chi connectivity index (χ2v) is 6.72. The van der Waals surface area contributed by atoms with Crippen LogP contribution in [0, 0.1) is 0 Å². The maximum absolute atomic E-state index is 12.8. The highest BCUT2D eigenvalue weighted by molar-refractivity contribution is 6.04. The number of fused-ring (bicyclic) bond motifs is 1. The maximum atomic E-state index is 12.8. The second kappa shape index (κ2) is 7.80. The van der Waals surface area contributed by atoms with Crippen LogP contribution in [0.4, 0.5) is 5.69 Å². The molecule has 0 radical (unpaired) electrons. The van der Waals surface area contributed by atoms with E-state index in [1.165, 1.54) is 0 Å². The zero-order valence-electron chi connectivity index (χ0n) is 15.1. The lowest BCUT2D eigenvalue weighted by Crippen LogP contribution is -2.41. The number of carbonyl (C=O) groups excluding carboxylic acids is 2. The van der Waals surface area contributed by atoms with Gasteiger partial charge in [0.25, 0.3) is 5.91 Å². The summed E-state index contributed by atoms with van der Waals surface area (Å²) in [5, 5.41) is 2.90. The van der Waals surface area contributed by atoms with Gasteiger partial charge in [-0.2, -0.15) is 0 Å². The lowest BCUT2D eigenvalue weighted by molar-refractivity contribution is -0.115. The van der Waals surface area contributed by atoms with Gasteiger partial charge in [0.15, 0.2) is 0 Å². The molecule has 2 amide bonds. The number of amides is 2. The fourth-order valence-corrected chi connectivity index (χ4v) is 3.45. The zero-order valence-corrected chi connectivity index (χ0v) is 15.1. The number of ether oxygens (including phenoxy) is 2. The smallest absolute Gasteiger partial charge is 0.256 e. The third-order valence-corrected chi connectivity index (χ3v) is 4.85. The first-order valence-corrected chi connectivity index (χ1v) is 9.21. The second-order valence-electron chi connectivity index (χ2n) is 6.72. The molecule has 2 aliphatic heterocycles. The van der Waals surface area contributed by atoms with Gasteiger partial charge >= 0.3 is 0 Å². The van der Waals surface area contributed by atoms with Crippen LogP contribution in [0.5, 0.6) is 5.75 Å². The van der Waals surface area contributed by atoms with Crippen LogP contribution in [0.15, 0.2) is 42.5 Å². The van der Waals surface area contributed by atoms with Crippen molar-refractivity contribution in [3.05, 3.63) is 59.2 Å². The van der Waals surface area contributed by atoms with E-state index in [4.69, 9.17) is 9.47 Å². The summed E-state index contributed by atoms with van der Waals surface area (Å²) in [6, 6.07) is 13.0. The van der Waals surface area contributed by atoms with Gasteiger partial charge < -0.3 is 19.7 Å². The summed E-state index contributed by atoms with van der Waals surface area (Å²) in [6.07, 6.45) is 1.13. The maximum Gasteiger partial charge on any atom is 0.256 e. The van der Waals surface area contributed by atoms with E-state index < -0.39 is 0 Å². The van der Waals surface area contributed by atoms with Crippen LogP contribution in [-0.4, -0.2) is 49.6 Å². The van der Waals surface area contributed by atoms with Crippen molar-refractivity contribution in [2.24, 2.45) is 0 Å². The van der Waals surface area contributed by atoms with Gasteiger partial charge in [0.2, 0.25) is 5.91 Å². The number of carbonyl (C=O) groups is 2. The Balaban J connectivity index is 1.46. The van der Waals surface area contributed by atoms with Crippen LogP contribution in [0.25, 0.3) is 0 Å². The summed E-state index contributed by atoms with van der Waals surface area (Å²) in [7, 11) is 0. The van der Waals surface area contributed by atoms with Gasteiger partial charge in [-0.1, -0.05) is 24.3 Å². The van der Waals surface area contributed by atoms with Crippen molar-refractivity contribution in [3.8, 4) is 5.75 Å². The average molecular weight is 366 g/mol. The Bertz CT molecular complexity index is 859. The largest absolute Gasteiger partial charge is 0.493 e. The highest BCUT2D eigenvalue weighted by Crippen LogP contribution is 2.26. The molecule has 1 N–H and O–H groups in total. The Morgan fingerprint density at radius 2 is 1.85 bits per heavy atom. The molecule has 2 aromatic carbocycles. The van der Waals surface area contributed by atoms with Crippen LogP contribution < -0.4 is 10.1 Å². The van der Waals surface area contributed by atoms with E-state index in [1.807, 2.05) is 30.3 Å². The first kappa shape index (κ1) is 17.5. The van der Waals surface area contributed by atoms with Gasteiger partial charge in [-0.25, -0.2) is 0 Å². The molecule has 0 aliphatic carbocycles. The van der Waals surface area contributed by atoms with Crippen molar-refractivity contribution in [2.45, 2.75) is 12.8 Å². The third kappa shape index (κ3) is 3.95. The summed E-state index contributed by atoms with van der Waals surface area (Å²) in [5.74, 6) is 0.681. The van der Waals surface area contributed by atoms with Gasteiger partial charge in [0, 0.05) is 19.5 Å². The predicted molar refractivity (Wildman–Crippen MR) is 101 cm³/mol. The molecule has 4 rings (SSSR count). The molecule has 0 aromatic heterocycles. The molecule has 0 unspecified atom stereocenters. The first-order chi connectivity index (χ1) is 13.2. The lowest BCUT2D eigenvalue weighted by Gasteiger charge is -2.27. The Morgan fingerprint density at radius 1 is 1.04 bits per heavy atom. The van der Waals surface area contributed by atoms with E-state index in [0.29, 0.717) is 44.2 Å². The Hall–Kier alpha value is -2.86. The van der Waals surface area contributed by atoms with Gasteiger partial charge in [0.1, 0.15) is 5.75 Å². The number of nitrogens with one attached hydrogen (secondary N) is 1. The van der Waals surface area contributed by atoms with Crippen molar-refractivity contribution >= 4 is 17.5 Å². The van der Waals surface area contributed by atoms with Crippen LogP contribution in [0.2, 0.25) is 0 Å². The van der Waals surface area contributed by atoms with Crippen molar-refractivity contribution < 1.29 is 19.1 Å². The summed E-state index contributed by atoms with van der Waals surface area (Å²) >= 11 is 0. The highest BCUT2D eigenvalue weighted by atomic mass is 16.5. The minimum Gasteiger partial charge on any atom is -0.493 e. The van der Waals surface area contributed by atoms with E-state index in [9.17, 15) is 9.59 Å². The zero-order chi connectivity index (χ0) is 18.6. The molecule has 140 valence electrons. The number of morpholine rings is 1. The van der Waals surface area contributed by atoms with E-state index >= 15 is 0 Å².